The second kappa shape index (κ2) is 60.7. The van der Waals surface area contributed by atoms with Crippen molar-refractivity contribution in [3.8, 4) is 0 Å². The fourth-order valence-electron chi connectivity index (χ4n) is 9.18. The van der Waals surface area contributed by atoms with Gasteiger partial charge in [0.1, 0.15) is 13.2 Å². The highest BCUT2D eigenvalue weighted by atomic mass is 16.6. The van der Waals surface area contributed by atoms with Crippen molar-refractivity contribution >= 4 is 17.9 Å². The zero-order valence-corrected chi connectivity index (χ0v) is 47.9. The van der Waals surface area contributed by atoms with Crippen molar-refractivity contribution < 1.29 is 28.6 Å². The summed E-state index contributed by atoms with van der Waals surface area (Å²) in [5.41, 5.74) is 0. The summed E-state index contributed by atoms with van der Waals surface area (Å²) in [7, 11) is 0. The number of ether oxygens (including phenoxy) is 3. The van der Waals surface area contributed by atoms with Crippen LogP contribution in [0.1, 0.15) is 323 Å². The molecule has 0 aromatic carbocycles. The molecular formula is C66H118O6. The third kappa shape index (κ3) is 58.0. The first-order valence-corrected chi connectivity index (χ1v) is 31.4. The van der Waals surface area contributed by atoms with Gasteiger partial charge in [0.05, 0.1) is 0 Å². The maximum Gasteiger partial charge on any atom is 0.306 e. The highest BCUT2D eigenvalue weighted by molar-refractivity contribution is 5.71. The molecule has 6 heteroatoms. The lowest BCUT2D eigenvalue weighted by Crippen LogP contribution is -2.30. The van der Waals surface area contributed by atoms with Crippen LogP contribution < -0.4 is 0 Å². The molecular weight excluding hydrogens is 889 g/mol. The molecule has 0 radical (unpaired) electrons. The van der Waals surface area contributed by atoms with Crippen LogP contribution in [0.5, 0.6) is 0 Å². The van der Waals surface area contributed by atoms with Crippen LogP contribution in [0.2, 0.25) is 0 Å². The minimum absolute atomic E-state index is 0.0781. The average molecular weight is 1010 g/mol. The molecule has 418 valence electrons. The molecule has 0 saturated carbocycles. The average Bonchev–Trinajstić information content (AvgIpc) is 3.38. The van der Waals surface area contributed by atoms with Gasteiger partial charge in [-0.2, -0.15) is 0 Å². The normalized spacial score (nSPS) is 12.4. The van der Waals surface area contributed by atoms with E-state index in [-0.39, 0.29) is 31.1 Å². The highest BCUT2D eigenvalue weighted by Crippen LogP contribution is 2.18. The van der Waals surface area contributed by atoms with Gasteiger partial charge >= 0.3 is 17.9 Å². The van der Waals surface area contributed by atoms with Gasteiger partial charge in [-0.3, -0.25) is 14.4 Å². The van der Waals surface area contributed by atoms with Crippen molar-refractivity contribution in [2.45, 2.75) is 329 Å². The maximum atomic E-state index is 12.9. The van der Waals surface area contributed by atoms with E-state index in [2.05, 4.69) is 57.2 Å². The van der Waals surface area contributed by atoms with Crippen molar-refractivity contribution in [1.29, 1.82) is 0 Å². The van der Waals surface area contributed by atoms with Crippen molar-refractivity contribution in [3.63, 3.8) is 0 Å². The molecule has 0 N–H and O–H groups in total. The molecule has 1 atom stereocenters. The summed E-state index contributed by atoms with van der Waals surface area (Å²) in [6.07, 6.45) is 76.4. The van der Waals surface area contributed by atoms with Crippen LogP contribution in [0.3, 0.4) is 0 Å². The highest BCUT2D eigenvalue weighted by Gasteiger charge is 2.19. The van der Waals surface area contributed by atoms with E-state index in [1.54, 1.807) is 0 Å². The molecule has 0 aromatic rings. The lowest BCUT2D eigenvalue weighted by molar-refractivity contribution is -0.167. The summed E-state index contributed by atoms with van der Waals surface area (Å²) in [6, 6.07) is 0. The Balaban J connectivity index is 4.39. The van der Waals surface area contributed by atoms with Gasteiger partial charge in [-0.15, -0.1) is 0 Å². The van der Waals surface area contributed by atoms with Gasteiger partial charge in [0.15, 0.2) is 6.10 Å². The fraction of sp³-hybridized carbons (Fsp3) is 0.803. The fourth-order valence-corrected chi connectivity index (χ4v) is 9.18. The zero-order valence-electron chi connectivity index (χ0n) is 47.9. The molecule has 0 saturated heterocycles. The van der Waals surface area contributed by atoms with Crippen molar-refractivity contribution in [1.82, 2.24) is 0 Å². The van der Waals surface area contributed by atoms with E-state index < -0.39 is 6.10 Å². The molecule has 0 rings (SSSR count). The molecule has 0 spiro atoms. The Labute approximate surface area is 447 Å². The monoisotopic (exact) mass is 1010 g/mol. The Hall–Kier alpha value is -2.89. The third-order valence-corrected chi connectivity index (χ3v) is 13.9. The predicted octanol–water partition coefficient (Wildman–Crippen LogP) is 21.2. The van der Waals surface area contributed by atoms with Crippen LogP contribution >= 0.6 is 0 Å². The Morgan fingerprint density at radius 3 is 0.833 bits per heavy atom. The second-order valence-corrected chi connectivity index (χ2v) is 21.1. The first-order chi connectivity index (χ1) is 35.5. The first kappa shape index (κ1) is 69.1. The van der Waals surface area contributed by atoms with E-state index in [4.69, 9.17) is 14.2 Å². The molecule has 0 aromatic heterocycles. The third-order valence-electron chi connectivity index (χ3n) is 13.9. The molecule has 0 fully saturated rings. The standard InChI is InChI=1S/C66H118O6/c1-4-7-10-13-16-19-22-25-28-31-34-37-40-43-46-49-52-55-58-64(67)70-61-63(72-66(69)60-57-54-51-48-45-42-39-36-33-30-27-24-21-18-15-12-9-6-3)62-71-65(68)59-56-53-50-47-44-41-38-35-32-29-26-23-20-17-14-11-8-5-2/h10,13,16,19,22,25,28,31,34,37,63H,4-9,11-12,14-15,17-18,20-21,23-24,26-27,29-30,32-33,35-36,38-62H2,1-3H3/b13-10-,19-16-,25-22-,31-28-,37-34-. The van der Waals surface area contributed by atoms with E-state index in [1.165, 1.54) is 199 Å². The molecule has 0 aliphatic heterocycles. The Bertz CT molecular complexity index is 1290. The molecule has 0 amide bonds. The SMILES string of the molecule is CCC\C=C/C=C\C=C/C=C\C=C/CCCCCCCC(=O)OCC(COC(=O)CCCCCCCCCCCCCCCCCCCC)OC(=O)CCCCCCCCCCCCCCCCCCCC. The number of hydrogen-bond acceptors (Lipinski definition) is 6. The number of carbonyl (C=O) groups is 3. The maximum absolute atomic E-state index is 12.9. The number of carbonyl (C=O) groups excluding carboxylic acids is 3. The van der Waals surface area contributed by atoms with Crippen molar-refractivity contribution in [3.05, 3.63) is 60.8 Å². The van der Waals surface area contributed by atoms with Gasteiger partial charge in [0, 0.05) is 19.3 Å². The molecule has 0 aliphatic rings. The van der Waals surface area contributed by atoms with Gasteiger partial charge in [-0.1, -0.05) is 326 Å². The second-order valence-electron chi connectivity index (χ2n) is 21.1. The zero-order chi connectivity index (χ0) is 52.2. The summed E-state index contributed by atoms with van der Waals surface area (Å²) < 4.78 is 16.9. The Morgan fingerprint density at radius 2 is 0.528 bits per heavy atom. The lowest BCUT2D eigenvalue weighted by Gasteiger charge is -2.18. The number of allylic oxidation sites excluding steroid dienone is 10. The molecule has 0 heterocycles. The minimum Gasteiger partial charge on any atom is -0.462 e. The summed E-state index contributed by atoms with van der Waals surface area (Å²) in [4.78, 5) is 38.3. The van der Waals surface area contributed by atoms with Gasteiger partial charge < -0.3 is 14.2 Å². The molecule has 1 unspecified atom stereocenters. The smallest absolute Gasteiger partial charge is 0.306 e. The number of rotatable bonds is 57. The van der Waals surface area contributed by atoms with Gasteiger partial charge in [0.25, 0.3) is 0 Å². The Morgan fingerprint density at radius 1 is 0.278 bits per heavy atom. The van der Waals surface area contributed by atoms with Crippen LogP contribution in [-0.2, 0) is 28.6 Å². The van der Waals surface area contributed by atoms with Crippen molar-refractivity contribution in [2.75, 3.05) is 13.2 Å². The number of esters is 3. The number of hydrogen-bond donors (Lipinski definition) is 0. The Kier molecular flexibility index (Phi) is 58.2. The van der Waals surface area contributed by atoms with Crippen LogP contribution in [0.25, 0.3) is 0 Å². The van der Waals surface area contributed by atoms with Crippen LogP contribution in [0.15, 0.2) is 60.8 Å². The van der Waals surface area contributed by atoms with E-state index >= 15 is 0 Å². The minimum atomic E-state index is -0.783. The lowest BCUT2D eigenvalue weighted by atomic mass is 10.0. The van der Waals surface area contributed by atoms with Crippen molar-refractivity contribution in [2.24, 2.45) is 0 Å². The van der Waals surface area contributed by atoms with Crippen LogP contribution in [0, 0.1) is 0 Å². The summed E-state index contributed by atoms with van der Waals surface area (Å²) in [6.45, 7) is 6.59. The molecule has 6 nitrogen and oxygen atoms in total. The topological polar surface area (TPSA) is 78.9 Å². The van der Waals surface area contributed by atoms with E-state index in [1.807, 2.05) is 24.3 Å². The van der Waals surface area contributed by atoms with E-state index in [0.717, 1.165) is 83.5 Å². The quantitative estimate of drug-likeness (QED) is 0.0261. The predicted molar refractivity (Wildman–Crippen MR) is 312 cm³/mol. The van der Waals surface area contributed by atoms with Crippen LogP contribution in [-0.4, -0.2) is 37.2 Å². The first-order valence-electron chi connectivity index (χ1n) is 31.4. The van der Waals surface area contributed by atoms with E-state index in [0.29, 0.717) is 19.3 Å². The molecule has 72 heavy (non-hydrogen) atoms. The van der Waals surface area contributed by atoms with Crippen LogP contribution in [0.4, 0.5) is 0 Å². The van der Waals surface area contributed by atoms with E-state index in [9.17, 15) is 14.4 Å². The van der Waals surface area contributed by atoms with Gasteiger partial charge in [-0.05, 0) is 38.5 Å². The summed E-state index contributed by atoms with van der Waals surface area (Å²) in [5.74, 6) is -0.883. The summed E-state index contributed by atoms with van der Waals surface area (Å²) in [5, 5.41) is 0. The summed E-state index contributed by atoms with van der Waals surface area (Å²) >= 11 is 0. The van der Waals surface area contributed by atoms with Gasteiger partial charge in [0.2, 0.25) is 0 Å². The molecule has 0 bridgehead atoms. The number of unbranched alkanes of at least 4 members (excludes halogenated alkanes) is 40. The largest absolute Gasteiger partial charge is 0.462 e. The molecule has 0 aliphatic carbocycles. The van der Waals surface area contributed by atoms with Gasteiger partial charge in [-0.25, -0.2) is 0 Å².